The van der Waals surface area contributed by atoms with E-state index >= 15 is 0 Å². The smallest absolute Gasteiger partial charge is 0.341 e. The number of aryl methyl sites for hydroxylation is 3. The summed E-state index contributed by atoms with van der Waals surface area (Å²) < 4.78 is 6.56. The van der Waals surface area contributed by atoms with E-state index < -0.39 is 5.97 Å². The van der Waals surface area contributed by atoms with Crippen LogP contribution < -0.4 is 5.32 Å². The van der Waals surface area contributed by atoms with Gasteiger partial charge in [0.25, 0.3) is 0 Å². The van der Waals surface area contributed by atoms with E-state index in [9.17, 15) is 9.59 Å². The molecular formula is C20H21N5O3S2. The van der Waals surface area contributed by atoms with Gasteiger partial charge >= 0.3 is 5.97 Å². The molecule has 0 unspecified atom stereocenters. The van der Waals surface area contributed by atoms with Crippen molar-refractivity contribution in [1.29, 1.82) is 0 Å². The summed E-state index contributed by atoms with van der Waals surface area (Å²) in [6.45, 7) is 4.02. The lowest BCUT2D eigenvalue weighted by atomic mass is 10.1. The van der Waals surface area contributed by atoms with Gasteiger partial charge in [0.2, 0.25) is 11.1 Å². The van der Waals surface area contributed by atoms with Gasteiger partial charge in [-0.05, 0) is 60.7 Å². The van der Waals surface area contributed by atoms with E-state index in [1.807, 2.05) is 26.0 Å². The molecule has 10 heteroatoms. The SMILES string of the molecule is COC(=O)c1c(NC(=O)CSc2nnnn2-c2ccc(C)cc2C)sc2c1CCC2. The summed E-state index contributed by atoms with van der Waals surface area (Å²) in [7, 11) is 1.36. The molecule has 0 spiro atoms. The van der Waals surface area contributed by atoms with Crippen molar-refractivity contribution >= 4 is 40.0 Å². The molecule has 30 heavy (non-hydrogen) atoms. The third kappa shape index (κ3) is 3.97. The van der Waals surface area contributed by atoms with Crippen molar-refractivity contribution in [3.8, 4) is 5.69 Å². The minimum absolute atomic E-state index is 0.120. The number of carbonyl (C=O) groups is 2. The van der Waals surface area contributed by atoms with Crippen LogP contribution in [0.25, 0.3) is 5.69 Å². The highest BCUT2D eigenvalue weighted by atomic mass is 32.2. The predicted octanol–water partition coefficient (Wildman–Crippen LogP) is 3.35. The Labute approximate surface area is 182 Å². The number of carbonyl (C=O) groups excluding carboxylic acids is 2. The molecule has 0 atom stereocenters. The Bertz CT molecular complexity index is 1120. The van der Waals surface area contributed by atoms with Crippen LogP contribution in [-0.2, 0) is 22.4 Å². The van der Waals surface area contributed by atoms with Crippen LogP contribution in [0.1, 0.15) is 38.3 Å². The van der Waals surface area contributed by atoms with E-state index in [0.717, 1.165) is 46.5 Å². The number of ether oxygens (including phenoxy) is 1. The zero-order valence-corrected chi connectivity index (χ0v) is 18.5. The third-order valence-electron chi connectivity index (χ3n) is 4.92. The molecular weight excluding hydrogens is 422 g/mol. The summed E-state index contributed by atoms with van der Waals surface area (Å²) in [5, 5.41) is 15.8. The van der Waals surface area contributed by atoms with Crippen molar-refractivity contribution in [2.45, 2.75) is 38.3 Å². The van der Waals surface area contributed by atoms with E-state index in [-0.39, 0.29) is 11.7 Å². The molecule has 0 aliphatic heterocycles. The number of nitrogens with zero attached hydrogens (tertiary/aromatic N) is 4. The second-order valence-corrected chi connectivity index (χ2v) is 9.10. The first-order valence-electron chi connectivity index (χ1n) is 9.49. The molecule has 1 aliphatic carbocycles. The number of anilines is 1. The number of fused-ring (bicyclic) bond motifs is 1. The Hall–Kier alpha value is -2.72. The topological polar surface area (TPSA) is 99.0 Å². The number of amides is 1. The maximum absolute atomic E-state index is 12.6. The van der Waals surface area contributed by atoms with Gasteiger partial charge < -0.3 is 10.1 Å². The summed E-state index contributed by atoms with van der Waals surface area (Å²) >= 11 is 2.70. The number of rotatable bonds is 6. The number of nitrogens with one attached hydrogen (secondary N) is 1. The number of esters is 1. The lowest BCUT2D eigenvalue weighted by Crippen LogP contribution is -2.16. The van der Waals surface area contributed by atoms with Crippen molar-refractivity contribution in [1.82, 2.24) is 20.2 Å². The average Bonchev–Trinajstić information content (AvgIpc) is 3.42. The minimum Gasteiger partial charge on any atom is -0.465 e. The molecule has 156 valence electrons. The molecule has 1 amide bonds. The highest BCUT2D eigenvalue weighted by Crippen LogP contribution is 2.39. The van der Waals surface area contributed by atoms with Crippen LogP contribution in [0, 0.1) is 13.8 Å². The summed E-state index contributed by atoms with van der Waals surface area (Å²) in [6.07, 6.45) is 2.79. The summed E-state index contributed by atoms with van der Waals surface area (Å²) in [6, 6.07) is 6.01. The van der Waals surface area contributed by atoms with Gasteiger partial charge in [0.05, 0.1) is 24.1 Å². The minimum atomic E-state index is -0.406. The third-order valence-corrected chi connectivity index (χ3v) is 7.04. The van der Waals surface area contributed by atoms with Crippen LogP contribution in [-0.4, -0.2) is 44.9 Å². The first kappa shape index (κ1) is 20.5. The lowest BCUT2D eigenvalue weighted by Gasteiger charge is -2.09. The molecule has 2 heterocycles. The molecule has 0 saturated carbocycles. The van der Waals surface area contributed by atoms with Gasteiger partial charge in [-0.15, -0.1) is 16.4 Å². The van der Waals surface area contributed by atoms with Crippen molar-refractivity contribution in [3.63, 3.8) is 0 Å². The Morgan fingerprint density at radius 3 is 2.90 bits per heavy atom. The zero-order chi connectivity index (χ0) is 21.3. The predicted molar refractivity (Wildman–Crippen MR) is 116 cm³/mol. The number of aromatic nitrogens is 4. The number of methoxy groups -OCH3 is 1. The molecule has 3 aromatic rings. The first-order valence-corrected chi connectivity index (χ1v) is 11.3. The molecule has 1 N–H and O–H groups in total. The fourth-order valence-corrected chi connectivity index (χ4v) is 5.54. The zero-order valence-electron chi connectivity index (χ0n) is 16.9. The summed E-state index contributed by atoms with van der Waals surface area (Å²) in [4.78, 5) is 26.0. The van der Waals surface area contributed by atoms with Crippen LogP contribution in [0.3, 0.4) is 0 Å². The molecule has 4 rings (SSSR count). The highest BCUT2D eigenvalue weighted by Gasteiger charge is 2.28. The monoisotopic (exact) mass is 443 g/mol. The van der Waals surface area contributed by atoms with Gasteiger partial charge in [0.15, 0.2) is 0 Å². The van der Waals surface area contributed by atoms with E-state index in [1.54, 1.807) is 4.68 Å². The Kier molecular flexibility index (Phi) is 5.87. The summed E-state index contributed by atoms with van der Waals surface area (Å²) in [5.41, 5.74) is 4.57. The van der Waals surface area contributed by atoms with Crippen molar-refractivity contribution < 1.29 is 14.3 Å². The van der Waals surface area contributed by atoms with Crippen LogP contribution in [0.4, 0.5) is 5.00 Å². The first-order chi connectivity index (χ1) is 14.5. The number of hydrogen-bond acceptors (Lipinski definition) is 8. The number of hydrogen-bond donors (Lipinski definition) is 1. The number of benzene rings is 1. The summed E-state index contributed by atoms with van der Waals surface area (Å²) in [5.74, 6) is -0.509. The molecule has 1 aliphatic rings. The maximum Gasteiger partial charge on any atom is 0.341 e. The van der Waals surface area contributed by atoms with Gasteiger partial charge in [-0.1, -0.05) is 29.5 Å². The normalized spacial score (nSPS) is 12.6. The maximum atomic E-state index is 12.6. The van der Waals surface area contributed by atoms with E-state index in [0.29, 0.717) is 15.7 Å². The number of thioether (sulfide) groups is 1. The van der Waals surface area contributed by atoms with Gasteiger partial charge in [-0.25, -0.2) is 4.79 Å². The van der Waals surface area contributed by atoms with Gasteiger partial charge in [-0.2, -0.15) is 4.68 Å². The quantitative estimate of drug-likeness (QED) is 0.461. The average molecular weight is 444 g/mol. The molecule has 0 fully saturated rings. The van der Waals surface area contributed by atoms with Crippen molar-refractivity contribution in [3.05, 3.63) is 45.3 Å². The molecule has 0 saturated heterocycles. The largest absolute Gasteiger partial charge is 0.465 e. The standard InChI is InChI=1S/C20H21N5O3S2/c1-11-7-8-14(12(2)9-11)25-20(22-23-24-25)29-10-16(26)21-18-17(19(27)28-3)13-5-4-6-15(13)30-18/h7-9H,4-6,10H2,1-3H3,(H,21,26). The van der Waals surface area contributed by atoms with Crippen LogP contribution in [0.15, 0.2) is 23.4 Å². The van der Waals surface area contributed by atoms with Crippen molar-refractivity contribution in [2.24, 2.45) is 0 Å². The van der Waals surface area contributed by atoms with Gasteiger partial charge in [0.1, 0.15) is 5.00 Å². The molecule has 2 aromatic heterocycles. The van der Waals surface area contributed by atoms with Crippen LogP contribution >= 0.6 is 23.1 Å². The van der Waals surface area contributed by atoms with E-state index in [1.165, 1.54) is 30.2 Å². The highest BCUT2D eigenvalue weighted by molar-refractivity contribution is 7.99. The van der Waals surface area contributed by atoms with E-state index in [4.69, 9.17) is 4.74 Å². The van der Waals surface area contributed by atoms with Gasteiger partial charge in [0, 0.05) is 4.88 Å². The number of thiophene rings is 1. The molecule has 0 bridgehead atoms. The Morgan fingerprint density at radius 2 is 2.13 bits per heavy atom. The molecule has 1 aromatic carbocycles. The van der Waals surface area contributed by atoms with E-state index in [2.05, 4.69) is 26.9 Å². The lowest BCUT2D eigenvalue weighted by molar-refractivity contribution is -0.113. The second-order valence-electron chi connectivity index (χ2n) is 7.05. The number of tetrazole rings is 1. The van der Waals surface area contributed by atoms with Crippen LogP contribution in [0.5, 0.6) is 0 Å². The van der Waals surface area contributed by atoms with Crippen LogP contribution in [0.2, 0.25) is 0 Å². The fourth-order valence-electron chi connectivity index (χ4n) is 3.57. The Morgan fingerprint density at radius 1 is 1.30 bits per heavy atom. The molecule has 0 radical (unpaired) electrons. The fraction of sp³-hybridized carbons (Fsp3) is 0.350. The molecule has 8 nitrogen and oxygen atoms in total. The second kappa shape index (κ2) is 8.57. The van der Waals surface area contributed by atoms with Gasteiger partial charge in [-0.3, -0.25) is 4.79 Å². The van der Waals surface area contributed by atoms with Crippen molar-refractivity contribution in [2.75, 3.05) is 18.2 Å². The Balaban J connectivity index is 1.47.